The zero-order valence-corrected chi connectivity index (χ0v) is 42.5. The highest BCUT2D eigenvalue weighted by Gasteiger charge is 2.19. The lowest BCUT2D eigenvalue weighted by atomic mass is 9.99. The van der Waals surface area contributed by atoms with Crippen LogP contribution in [0.5, 0.6) is 0 Å². The van der Waals surface area contributed by atoms with Crippen LogP contribution in [0.25, 0.3) is 0 Å². The maximum atomic E-state index is 12.8. The Kier molecular flexibility index (Phi) is 47.6. The van der Waals surface area contributed by atoms with E-state index in [1.807, 2.05) is 0 Å². The lowest BCUT2D eigenvalue weighted by Crippen LogP contribution is -2.30. The van der Waals surface area contributed by atoms with Crippen molar-refractivity contribution in [3.63, 3.8) is 0 Å². The molecular formula is C56H108O6. The van der Waals surface area contributed by atoms with Crippen LogP contribution in [0.1, 0.15) is 311 Å². The van der Waals surface area contributed by atoms with Crippen molar-refractivity contribution in [3.05, 3.63) is 0 Å². The second kappa shape index (κ2) is 48.9. The molecule has 2 atom stereocenters. The van der Waals surface area contributed by atoms with Gasteiger partial charge in [0, 0.05) is 19.3 Å². The van der Waals surface area contributed by atoms with Gasteiger partial charge in [-0.1, -0.05) is 272 Å². The van der Waals surface area contributed by atoms with Gasteiger partial charge in [-0.2, -0.15) is 0 Å². The first-order chi connectivity index (χ1) is 30.3. The Morgan fingerprint density at radius 2 is 0.613 bits per heavy atom. The second-order valence-corrected chi connectivity index (χ2v) is 19.9. The van der Waals surface area contributed by atoms with Gasteiger partial charge in [-0.05, 0) is 31.1 Å². The molecule has 0 aromatic heterocycles. The lowest BCUT2D eigenvalue weighted by Gasteiger charge is -2.18. The highest BCUT2D eigenvalue weighted by molar-refractivity contribution is 5.71. The van der Waals surface area contributed by atoms with Crippen LogP contribution >= 0.6 is 0 Å². The van der Waals surface area contributed by atoms with E-state index in [2.05, 4.69) is 34.6 Å². The third-order valence-corrected chi connectivity index (χ3v) is 13.1. The molecule has 0 aliphatic carbocycles. The van der Waals surface area contributed by atoms with Crippen LogP contribution in [0.4, 0.5) is 0 Å². The maximum Gasteiger partial charge on any atom is 0.306 e. The molecule has 0 saturated heterocycles. The van der Waals surface area contributed by atoms with Crippen molar-refractivity contribution < 1.29 is 28.6 Å². The SMILES string of the molecule is CCCCCCCCCCCCCCCCC(=O)OC[C@@H](COC(=O)CCCCCCCCCCC(C)CC)OC(=O)CCCCCCCCCCCCCCCCCC(C)C. The normalized spacial score (nSPS) is 12.5. The van der Waals surface area contributed by atoms with E-state index in [1.165, 1.54) is 199 Å². The van der Waals surface area contributed by atoms with Crippen molar-refractivity contribution in [2.75, 3.05) is 13.2 Å². The third kappa shape index (κ3) is 47.9. The topological polar surface area (TPSA) is 78.9 Å². The fraction of sp³-hybridized carbons (Fsp3) is 0.946. The quantitative estimate of drug-likeness (QED) is 0.0344. The molecule has 0 fully saturated rings. The first-order valence-corrected chi connectivity index (χ1v) is 27.8. The largest absolute Gasteiger partial charge is 0.462 e. The first-order valence-electron chi connectivity index (χ1n) is 27.8. The number of carbonyl (C=O) groups excluding carboxylic acids is 3. The Morgan fingerprint density at radius 3 is 0.919 bits per heavy atom. The fourth-order valence-electron chi connectivity index (χ4n) is 8.49. The molecule has 368 valence electrons. The van der Waals surface area contributed by atoms with Crippen molar-refractivity contribution in [1.29, 1.82) is 0 Å². The minimum Gasteiger partial charge on any atom is -0.462 e. The van der Waals surface area contributed by atoms with E-state index in [4.69, 9.17) is 14.2 Å². The van der Waals surface area contributed by atoms with E-state index in [9.17, 15) is 14.4 Å². The zero-order valence-electron chi connectivity index (χ0n) is 42.5. The molecular weight excluding hydrogens is 769 g/mol. The van der Waals surface area contributed by atoms with Crippen LogP contribution in [0.2, 0.25) is 0 Å². The molecule has 0 rings (SSSR count). The summed E-state index contributed by atoms with van der Waals surface area (Å²) in [6, 6.07) is 0. The molecule has 0 bridgehead atoms. The van der Waals surface area contributed by atoms with Crippen LogP contribution < -0.4 is 0 Å². The number of hydrogen-bond donors (Lipinski definition) is 0. The van der Waals surface area contributed by atoms with Gasteiger partial charge in [-0.25, -0.2) is 0 Å². The van der Waals surface area contributed by atoms with E-state index < -0.39 is 6.10 Å². The Labute approximate surface area is 387 Å². The first kappa shape index (κ1) is 60.4. The minimum atomic E-state index is -0.762. The van der Waals surface area contributed by atoms with Crippen molar-refractivity contribution >= 4 is 17.9 Å². The smallest absolute Gasteiger partial charge is 0.306 e. The molecule has 1 unspecified atom stereocenters. The minimum absolute atomic E-state index is 0.0632. The molecule has 0 heterocycles. The fourth-order valence-corrected chi connectivity index (χ4v) is 8.49. The van der Waals surface area contributed by atoms with Gasteiger partial charge in [0.15, 0.2) is 6.10 Å². The molecule has 0 spiro atoms. The summed E-state index contributed by atoms with van der Waals surface area (Å²) in [7, 11) is 0. The van der Waals surface area contributed by atoms with Gasteiger partial charge < -0.3 is 14.2 Å². The Hall–Kier alpha value is -1.59. The number of carbonyl (C=O) groups is 3. The van der Waals surface area contributed by atoms with Gasteiger partial charge in [0.1, 0.15) is 13.2 Å². The van der Waals surface area contributed by atoms with Gasteiger partial charge in [0.05, 0.1) is 0 Å². The van der Waals surface area contributed by atoms with E-state index in [0.717, 1.165) is 69.6 Å². The van der Waals surface area contributed by atoms with E-state index in [1.54, 1.807) is 0 Å². The molecule has 0 aromatic rings. The highest BCUT2D eigenvalue weighted by atomic mass is 16.6. The number of esters is 3. The van der Waals surface area contributed by atoms with Crippen molar-refractivity contribution in [2.45, 2.75) is 317 Å². The van der Waals surface area contributed by atoms with E-state index in [-0.39, 0.29) is 31.1 Å². The molecule has 0 saturated carbocycles. The molecule has 6 heteroatoms. The summed E-state index contributed by atoms with van der Waals surface area (Å²) >= 11 is 0. The Balaban J connectivity index is 4.30. The lowest BCUT2D eigenvalue weighted by molar-refractivity contribution is -0.167. The number of unbranched alkanes of at least 4 members (excludes halogenated alkanes) is 34. The summed E-state index contributed by atoms with van der Waals surface area (Å²) < 4.78 is 16.9. The van der Waals surface area contributed by atoms with Gasteiger partial charge >= 0.3 is 17.9 Å². The van der Waals surface area contributed by atoms with Gasteiger partial charge in [0.25, 0.3) is 0 Å². The van der Waals surface area contributed by atoms with E-state index in [0.29, 0.717) is 19.3 Å². The monoisotopic (exact) mass is 877 g/mol. The average Bonchev–Trinajstić information content (AvgIpc) is 3.26. The van der Waals surface area contributed by atoms with Gasteiger partial charge in [-0.3, -0.25) is 14.4 Å². The molecule has 0 N–H and O–H groups in total. The van der Waals surface area contributed by atoms with Gasteiger partial charge in [-0.15, -0.1) is 0 Å². The molecule has 0 aliphatic rings. The third-order valence-electron chi connectivity index (χ3n) is 13.1. The summed E-state index contributed by atoms with van der Waals surface area (Å²) in [5.74, 6) is 0.852. The van der Waals surface area contributed by atoms with Crippen LogP contribution in [0.3, 0.4) is 0 Å². The molecule has 62 heavy (non-hydrogen) atoms. The summed E-state index contributed by atoms with van der Waals surface area (Å²) in [5, 5.41) is 0. The van der Waals surface area contributed by atoms with E-state index >= 15 is 0 Å². The number of ether oxygens (including phenoxy) is 3. The van der Waals surface area contributed by atoms with Crippen LogP contribution in [-0.2, 0) is 28.6 Å². The van der Waals surface area contributed by atoms with Crippen molar-refractivity contribution in [2.24, 2.45) is 11.8 Å². The summed E-state index contributed by atoms with van der Waals surface area (Å²) in [4.78, 5) is 38.0. The standard InChI is InChI=1S/C56H108O6/c1-6-8-9-10-11-12-13-14-19-22-25-31-36-41-46-54(57)60-49-53(50-61-55(58)47-42-37-32-28-27-30-35-40-45-52(5)7-2)62-56(59)48-43-38-33-26-23-20-17-15-16-18-21-24-29-34-39-44-51(3)4/h51-53H,6-50H2,1-5H3/t52?,53-/m0/s1. The van der Waals surface area contributed by atoms with Crippen LogP contribution in [-0.4, -0.2) is 37.2 Å². The molecule has 0 amide bonds. The zero-order chi connectivity index (χ0) is 45.4. The van der Waals surface area contributed by atoms with Gasteiger partial charge in [0.2, 0.25) is 0 Å². The van der Waals surface area contributed by atoms with Crippen LogP contribution in [0, 0.1) is 11.8 Å². The molecule has 0 aromatic carbocycles. The summed E-state index contributed by atoms with van der Waals surface area (Å²) in [6.07, 6.45) is 50.8. The predicted molar refractivity (Wildman–Crippen MR) is 266 cm³/mol. The molecule has 6 nitrogen and oxygen atoms in total. The highest BCUT2D eigenvalue weighted by Crippen LogP contribution is 2.18. The number of hydrogen-bond acceptors (Lipinski definition) is 6. The maximum absolute atomic E-state index is 12.8. The average molecular weight is 877 g/mol. The molecule has 0 radical (unpaired) electrons. The molecule has 0 aliphatic heterocycles. The summed E-state index contributed by atoms with van der Waals surface area (Å²) in [6.45, 7) is 11.4. The second-order valence-electron chi connectivity index (χ2n) is 19.9. The Bertz CT molecular complexity index is 949. The number of rotatable bonds is 50. The summed E-state index contributed by atoms with van der Waals surface area (Å²) in [5.41, 5.74) is 0. The predicted octanol–water partition coefficient (Wildman–Crippen LogP) is 18.1. The van der Waals surface area contributed by atoms with Crippen molar-refractivity contribution in [3.8, 4) is 0 Å². The Morgan fingerprint density at radius 1 is 0.339 bits per heavy atom. The van der Waals surface area contributed by atoms with Crippen molar-refractivity contribution in [1.82, 2.24) is 0 Å². The van der Waals surface area contributed by atoms with Crippen LogP contribution in [0.15, 0.2) is 0 Å².